The summed E-state index contributed by atoms with van der Waals surface area (Å²) < 4.78 is 1.60. The van der Waals surface area contributed by atoms with E-state index in [0.29, 0.717) is 13.0 Å². The van der Waals surface area contributed by atoms with E-state index >= 15 is 0 Å². The molecule has 6 nitrogen and oxygen atoms in total. The normalized spacial score (nSPS) is 11.6. The molecule has 1 N–H and O–H groups in total. The third-order valence-electron chi connectivity index (χ3n) is 2.16. The number of aryl methyl sites for hydroxylation is 1. The summed E-state index contributed by atoms with van der Waals surface area (Å²) in [4.78, 5) is 10.8. The van der Waals surface area contributed by atoms with Gasteiger partial charge in [-0.25, -0.2) is 4.68 Å². The van der Waals surface area contributed by atoms with Crippen molar-refractivity contribution in [1.82, 2.24) is 20.2 Å². The van der Waals surface area contributed by atoms with Gasteiger partial charge < -0.3 is 5.11 Å². The van der Waals surface area contributed by atoms with Crippen LogP contribution in [0.4, 0.5) is 0 Å². The summed E-state index contributed by atoms with van der Waals surface area (Å²) in [5.41, 5.74) is -0.673. The number of rotatable bonds is 5. The second kappa shape index (κ2) is 4.17. The van der Waals surface area contributed by atoms with Gasteiger partial charge in [0.25, 0.3) is 0 Å². The summed E-state index contributed by atoms with van der Waals surface area (Å²) in [6, 6.07) is 0. The monoisotopic (exact) mass is 198 g/mol. The van der Waals surface area contributed by atoms with Crippen molar-refractivity contribution in [3.63, 3.8) is 0 Å². The fourth-order valence-corrected chi connectivity index (χ4v) is 1.07. The zero-order chi connectivity index (χ0) is 10.6. The molecule has 0 unspecified atom stereocenters. The molecule has 0 atom stereocenters. The van der Waals surface area contributed by atoms with Crippen molar-refractivity contribution in [2.75, 3.05) is 0 Å². The fraction of sp³-hybridized carbons (Fsp3) is 0.750. The SMILES string of the molecule is CC(C)(CCCn1cnnn1)C(=O)O. The van der Waals surface area contributed by atoms with E-state index in [1.54, 1.807) is 18.5 Å². The number of aromatic nitrogens is 4. The molecule has 14 heavy (non-hydrogen) atoms. The Morgan fingerprint density at radius 1 is 1.57 bits per heavy atom. The molecular formula is C8H14N4O2. The number of hydrogen-bond acceptors (Lipinski definition) is 4. The minimum atomic E-state index is -0.769. The van der Waals surface area contributed by atoms with Gasteiger partial charge in [-0.1, -0.05) is 0 Å². The van der Waals surface area contributed by atoms with Crippen LogP contribution in [0.1, 0.15) is 26.7 Å². The molecule has 78 valence electrons. The molecule has 0 aromatic carbocycles. The minimum Gasteiger partial charge on any atom is -0.481 e. The van der Waals surface area contributed by atoms with Crippen LogP contribution >= 0.6 is 0 Å². The van der Waals surface area contributed by atoms with Gasteiger partial charge in [-0.3, -0.25) is 4.79 Å². The van der Waals surface area contributed by atoms with Crippen LogP contribution in [0.15, 0.2) is 6.33 Å². The van der Waals surface area contributed by atoms with E-state index in [9.17, 15) is 4.79 Å². The summed E-state index contributed by atoms with van der Waals surface area (Å²) in [6.07, 6.45) is 2.89. The number of carbonyl (C=O) groups is 1. The molecule has 0 amide bonds. The first kappa shape index (κ1) is 10.6. The molecule has 0 saturated heterocycles. The lowest BCUT2D eigenvalue weighted by atomic mass is 9.88. The number of aliphatic carboxylic acids is 1. The second-order valence-electron chi connectivity index (χ2n) is 3.87. The maximum atomic E-state index is 10.8. The Morgan fingerprint density at radius 2 is 2.29 bits per heavy atom. The number of nitrogens with zero attached hydrogens (tertiary/aromatic N) is 4. The molecule has 0 radical (unpaired) electrons. The topological polar surface area (TPSA) is 80.9 Å². The fourth-order valence-electron chi connectivity index (χ4n) is 1.07. The quantitative estimate of drug-likeness (QED) is 0.747. The molecule has 1 aromatic rings. The molecule has 0 bridgehead atoms. The van der Waals surface area contributed by atoms with Gasteiger partial charge in [-0.2, -0.15) is 0 Å². The van der Waals surface area contributed by atoms with E-state index in [2.05, 4.69) is 15.5 Å². The van der Waals surface area contributed by atoms with Gasteiger partial charge in [0.15, 0.2) is 0 Å². The smallest absolute Gasteiger partial charge is 0.309 e. The Hall–Kier alpha value is -1.46. The predicted molar refractivity (Wildman–Crippen MR) is 48.5 cm³/mol. The molecule has 0 aliphatic carbocycles. The summed E-state index contributed by atoms with van der Waals surface area (Å²) >= 11 is 0. The van der Waals surface area contributed by atoms with Crippen LogP contribution in [-0.4, -0.2) is 31.3 Å². The number of tetrazole rings is 1. The highest BCUT2D eigenvalue weighted by Crippen LogP contribution is 2.22. The largest absolute Gasteiger partial charge is 0.481 e. The highest BCUT2D eigenvalue weighted by atomic mass is 16.4. The summed E-state index contributed by atoms with van der Waals surface area (Å²) in [5.74, 6) is -0.769. The third kappa shape index (κ3) is 2.79. The Bertz CT molecular complexity index is 294. The standard InChI is InChI=1S/C8H14N4O2/c1-8(2,7(13)14)4-3-5-12-6-9-10-11-12/h6H,3-5H2,1-2H3,(H,13,14). The summed E-state index contributed by atoms with van der Waals surface area (Å²) in [5, 5.41) is 19.5. The van der Waals surface area contributed by atoms with E-state index in [1.165, 1.54) is 6.33 Å². The van der Waals surface area contributed by atoms with Gasteiger partial charge in [-0.05, 0) is 37.1 Å². The van der Waals surface area contributed by atoms with Crippen molar-refractivity contribution >= 4 is 5.97 Å². The molecule has 0 aliphatic rings. The van der Waals surface area contributed by atoms with E-state index in [4.69, 9.17) is 5.11 Å². The summed E-state index contributed by atoms with van der Waals surface area (Å²) in [7, 11) is 0. The molecule has 6 heteroatoms. The van der Waals surface area contributed by atoms with Crippen LogP contribution in [0, 0.1) is 5.41 Å². The maximum Gasteiger partial charge on any atom is 0.309 e. The van der Waals surface area contributed by atoms with Crippen LogP contribution in [0.5, 0.6) is 0 Å². The van der Waals surface area contributed by atoms with Gasteiger partial charge in [0.2, 0.25) is 0 Å². The predicted octanol–water partition coefficient (Wildman–Crippen LogP) is 0.564. The average Bonchev–Trinajstić information content (AvgIpc) is 2.56. The highest BCUT2D eigenvalue weighted by Gasteiger charge is 2.26. The molecule has 1 aromatic heterocycles. The first-order chi connectivity index (χ1) is 6.52. The minimum absolute atomic E-state index is 0.613. The van der Waals surface area contributed by atoms with Gasteiger partial charge >= 0.3 is 5.97 Å². The Balaban J connectivity index is 2.31. The molecule has 1 heterocycles. The molecule has 0 aliphatic heterocycles. The lowest BCUT2D eigenvalue weighted by Crippen LogP contribution is -2.23. The van der Waals surface area contributed by atoms with Crippen molar-refractivity contribution in [2.24, 2.45) is 5.41 Å². The first-order valence-electron chi connectivity index (χ1n) is 4.46. The molecule has 0 saturated carbocycles. The number of carboxylic acids is 1. The second-order valence-corrected chi connectivity index (χ2v) is 3.87. The van der Waals surface area contributed by atoms with E-state index in [0.717, 1.165) is 6.42 Å². The van der Waals surface area contributed by atoms with Gasteiger partial charge in [-0.15, -0.1) is 5.10 Å². The molecular weight excluding hydrogens is 184 g/mol. The Labute approximate surface area is 81.9 Å². The molecule has 0 spiro atoms. The third-order valence-corrected chi connectivity index (χ3v) is 2.16. The zero-order valence-electron chi connectivity index (χ0n) is 8.34. The van der Waals surface area contributed by atoms with Gasteiger partial charge in [0, 0.05) is 6.54 Å². The first-order valence-corrected chi connectivity index (χ1v) is 4.46. The van der Waals surface area contributed by atoms with Crippen molar-refractivity contribution in [1.29, 1.82) is 0 Å². The van der Waals surface area contributed by atoms with Gasteiger partial charge in [0.1, 0.15) is 6.33 Å². The zero-order valence-corrected chi connectivity index (χ0v) is 8.34. The van der Waals surface area contributed by atoms with Crippen LogP contribution in [0.3, 0.4) is 0 Å². The van der Waals surface area contributed by atoms with Crippen LogP contribution < -0.4 is 0 Å². The Kier molecular flexibility index (Phi) is 3.16. The van der Waals surface area contributed by atoms with E-state index in [1.807, 2.05) is 0 Å². The lowest BCUT2D eigenvalue weighted by Gasteiger charge is -2.18. The summed E-state index contributed by atoms with van der Waals surface area (Å²) in [6.45, 7) is 4.09. The van der Waals surface area contributed by atoms with Crippen molar-refractivity contribution in [3.8, 4) is 0 Å². The molecule has 0 fully saturated rings. The van der Waals surface area contributed by atoms with Crippen LogP contribution in [0.2, 0.25) is 0 Å². The van der Waals surface area contributed by atoms with Crippen LogP contribution in [0.25, 0.3) is 0 Å². The average molecular weight is 198 g/mol. The van der Waals surface area contributed by atoms with Crippen LogP contribution in [-0.2, 0) is 11.3 Å². The van der Waals surface area contributed by atoms with Crippen molar-refractivity contribution in [3.05, 3.63) is 6.33 Å². The van der Waals surface area contributed by atoms with Crippen molar-refractivity contribution in [2.45, 2.75) is 33.2 Å². The maximum absolute atomic E-state index is 10.8. The molecule has 1 rings (SSSR count). The number of carboxylic acid groups (broad SMARTS) is 1. The Morgan fingerprint density at radius 3 is 2.79 bits per heavy atom. The van der Waals surface area contributed by atoms with Gasteiger partial charge in [0.05, 0.1) is 5.41 Å². The van der Waals surface area contributed by atoms with Crippen molar-refractivity contribution < 1.29 is 9.90 Å². The number of hydrogen-bond donors (Lipinski definition) is 1. The van der Waals surface area contributed by atoms with E-state index < -0.39 is 11.4 Å². The highest BCUT2D eigenvalue weighted by molar-refractivity contribution is 5.73. The lowest BCUT2D eigenvalue weighted by molar-refractivity contribution is -0.147. The van der Waals surface area contributed by atoms with E-state index in [-0.39, 0.29) is 0 Å².